The molecule has 1 N–H and O–H groups in total. The minimum atomic E-state index is -0.834. The molecule has 1 aromatic heterocycles. The number of hydrogen-bond donors (Lipinski definition) is 1. The number of aliphatic hydroxyl groups is 1. The van der Waals surface area contributed by atoms with Gasteiger partial charge in [-0.2, -0.15) is 0 Å². The quantitative estimate of drug-likeness (QED) is 0.545. The maximum atomic E-state index is 10.1. The summed E-state index contributed by atoms with van der Waals surface area (Å²) in [5.74, 6) is 0. The first-order chi connectivity index (χ1) is 13.6. The van der Waals surface area contributed by atoms with E-state index in [9.17, 15) is 5.11 Å². The number of benzene rings is 1. The van der Waals surface area contributed by atoms with Gasteiger partial charge in [0.1, 0.15) is 0 Å². The predicted molar refractivity (Wildman–Crippen MR) is 117 cm³/mol. The number of aliphatic hydroxyl groups excluding tert-OH is 1. The van der Waals surface area contributed by atoms with E-state index in [0.29, 0.717) is 6.61 Å². The Hall–Kier alpha value is -1.50. The molecule has 0 spiro atoms. The van der Waals surface area contributed by atoms with Crippen LogP contribution in [0, 0.1) is 0 Å². The molecule has 0 amide bonds. The summed E-state index contributed by atoms with van der Waals surface area (Å²) in [4.78, 5) is 6.74. The number of pyridine rings is 1. The van der Waals surface area contributed by atoms with Gasteiger partial charge in [-0.25, -0.2) is 0 Å². The first-order valence-electron chi connectivity index (χ1n) is 9.46. The Kier molecular flexibility index (Phi) is 5.99. The maximum absolute atomic E-state index is 10.1. The molecule has 1 unspecified atom stereocenters. The molecule has 1 atom stereocenters. The van der Waals surface area contributed by atoms with Crippen LogP contribution in [0.2, 0.25) is 5.02 Å². The Morgan fingerprint density at radius 1 is 1.21 bits per heavy atom. The molecule has 0 radical (unpaired) electrons. The molecule has 2 aromatic rings. The highest BCUT2D eigenvalue weighted by Gasteiger charge is 2.26. The fourth-order valence-corrected chi connectivity index (χ4v) is 4.40. The van der Waals surface area contributed by atoms with E-state index in [4.69, 9.17) is 21.3 Å². The topological polar surface area (TPSA) is 45.6 Å². The van der Waals surface area contributed by atoms with E-state index in [-0.39, 0.29) is 0 Å². The summed E-state index contributed by atoms with van der Waals surface area (Å²) in [6, 6.07) is 8.13. The highest BCUT2D eigenvalue weighted by Crippen LogP contribution is 2.39. The van der Waals surface area contributed by atoms with Crippen molar-refractivity contribution in [1.29, 1.82) is 0 Å². The molecule has 2 heterocycles. The van der Waals surface area contributed by atoms with Crippen molar-refractivity contribution < 1.29 is 9.84 Å². The number of nitrogens with zero attached hydrogens (tertiary/aromatic N) is 2. The van der Waals surface area contributed by atoms with Gasteiger partial charge in [0.15, 0.2) is 0 Å². The normalized spacial score (nSPS) is 17.9. The number of halogens is 2. The summed E-state index contributed by atoms with van der Waals surface area (Å²) >= 11 is 9.80. The van der Waals surface area contributed by atoms with Crippen LogP contribution in [-0.2, 0) is 4.74 Å². The van der Waals surface area contributed by atoms with Crippen LogP contribution in [0.4, 0.5) is 0 Å². The second kappa shape index (κ2) is 8.47. The predicted octanol–water partition coefficient (Wildman–Crippen LogP) is 5.19. The summed E-state index contributed by atoms with van der Waals surface area (Å²) in [6.07, 6.45) is 6.94. The molecule has 4 rings (SSSR count). The Balaban J connectivity index is 1.78. The van der Waals surface area contributed by atoms with E-state index in [0.717, 1.165) is 57.8 Å². The van der Waals surface area contributed by atoms with E-state index in [1.54, 1.807) is 0 Å². The highest BCUT2D eigenvalue weighted by molar-refractivity contribution is 9.10. The lowest BCUT2D eigenvalue weighted by molar-refractivity contribution is -0.192. The van der Waals surface area contributed by atoms with Gasteiger partial charge < -0.3 is 9.84 Å². The number of ether oxygens (including phenoxy) is 1. The summed E-state index contributed by atoms with van der Waals surface area (Å²) in [7, 11) is 0. The molecule has 1 aromatic carbocycles. The van der Waals surface area contributed by atoms with Gasteiger partial charge in [0.2, 0.25) is 6.41 Å². The lowest BCUT2D eigenvalue weighted by Gasteiger charge is -2.33. The third-order valence-electron chi connectivity index (χ3n) is 5.23. The average Bonchev–Trinajstić information content (AvgIpc) is 2.84. The average molecular weight is 462 g/mol. The molecule has 146 valence electrons. The van der Waals surface area contributed by atoms with Crippen molar-refractivity contribution in [2.75, 3.05) is 19.7 Å². The molecule has 1 fully saturated rings. The van der Waals surface area contributed by atoms with Crippen molar-refractivity contribution in [1.82, 2.24) is 9.88 Å². The van der Waals surface area contributed by atoms with Gasteiger partial charge in [-0.3, -0.25) is 9.88 Å². The fourth-order valence-electron chi connectivity index (χ4n) is 3.87. The molecule has 1 aliphatic carbocycles. The van der Waals surface area contributed by atoms with Crippen molar-refractivity contribution >= 4 is 45.3 Å². The van der Waals surface area contributed by atoms with Crippen molar-refractivity contribution in [2.45, 2.75) is 26.2 Å². The van der Waals surface area contributed by atoms with Crippen LogP contribution >= 0.6 is 27.5 Å². The van der Waals surface area contributed by atoms with Gasteiger partial charge >= 0.3 is 0 Å². The molecule has 0 bridgehead atoms. The van der Waals surface area contributed by atoms with Crippen LogP contribution in [0.25, 0.3) is 17.7 Å². The molecular formula is C22H22BrClN2O2. The minimum Gasteiger partial charge on any atom is -0.356 e. The number of piperidine rings is 1. The van der Waals surface area contributed by atoms with Crippen LogP contribution in [-0.4, -0.2) is 41.1 Å². The van der Waals surface area contributed by atoms with Gasteiger partial charge in [-0.15, -0.1) is 0 Å². The summed E-state index contributed by atoms with van der Waals surface area (Å²) < 4.78 is 6.30. The molecule has 4 nitrogen and oxygen atoms in total. The van der Waals surface area contributed by atoms with Crippen LogP contribution in [0.1, 0.15) is 42.1 Å². The van der Waals surface area contributed by atoms with Crippen molar-refractivity contribution in [3.8, 4) is 0 Å². The number of hydrogen-bond acceptors (Lipinski definition) is 4. The fraction of sp³-hybridized carbons (Fsp3) is 0.318. The zero-order valence-electron chi connectivity index (χ0n) is 15.7. The van der Waals surface area contributed by atoms with Crippen molar-refractivity contribution in [3.05, 3.63) is 67.9 Å². The number of fused-ring (bicyclic) bond motifs is 2. The third-order valence-corrected chi connectivity index (χ3v) is 5.90. The second-order valence-corrected chi connectivity index (χ2v) is 8.30. The Morgan fingerprint density at radius 2 is 1.96 bits per heavy atom. The summed E-state index contributed by atoms with van der Waals surface area (Å²) in [5, 5.41) is 10.9. The van der Waals surface area contributed by atoms with Gasteiger partial charge in [0.05, 0.1) is 5.69 Å². The smallest absolute Gasteiger partial charge is 0.216 e. The lowest BCUT2D eigenvalue weighted by atomic mass is 9.88. The summed E-state index contributed by atoms with van der Waals surface area (Å²) in [5.41, 5.74) is 6.87. The highest BCUT2D eigenvalue weighted by atomic mass is 79.9. The van der Waals surface area contributed by atoms with Crippen molar-refractivity contribution in [3.63, 3.8) is 0 Å². The Bertz CT molecular complexity index is 890. The Labute approximate surface area is 178 Å². The zero-order chi connectivity index (χ0) is 19.7. The van der Waals surface area contributed by atoms with Crippen molar-refractivity contribution in [2.24, 2.45) is 0 Å². The zero-order valence-corrected chi connectivity index (χ0v) is 18.0. The largest absolute Gasteiger partial charge is 0.356 e. The molecule has 2 aliphatic rings. The molecule has 28 heavy (non-hydrogen) atoms. The molecule has 1 aliphatic heterocycles. The molecular weight excluding hydrogens is 440 g/mol. The van der Waals surface area contributed by atoms with E-state index >= 15 is 0 Å². The van der Waals surface area contributed by atoms with Gasteiger partial charge in [-0.1, -0.05) is 35.4 Å². The SMILES string of the molecule is CCOC(O)N1CCC(=C2c3ccc(Cl)cc3C=Cc3cc(Br)cnc32)CC1. The van der Waals surface area contributed by atoms with Crippen LogP contribution in [0.5, 0.6) is 0 Å². The third kappa shape index (κ3) is 3.95. The first kappa shape index (κ1) is 19.8. The summed E-state index contributed by atoms with van der Waals surface area (Å²) in [6.45, 7) is 3.89. The number of rotatable bonds is 3. The minimum absolute atomic E-state index is 0.498. The molecule has 1 saturated heterocycles. The van der Waals surface area contributed by atoms with Crippen LogP contribution < -0.4 is 0 Å². The van der Waals surface area contributed by atoms with E-state index in [1.807, 2.05) is 30.2 Å². The monoisotopic (exact) mass is 460 g/mol. The van der Waals surface area contributed by atoms with Crippen LogP contribution in [0.15, 0.2) is 40.5 Å². The standard InChI is InChI=1S/C22H22BrClN2O2/c1-2-28-22(27)26-9-7-14(8-10-26)20-19-6-5-18(24)12-15(19)3-4-16-11-17(23)13-25-21(16)20/h3-6,11-13,22,27H,2,7-10H2,1H3. The second-order valence-electron chi connectivity index (χ2n) is 6.95. The molecule has 6 heteroatoms. The van der Waals surface area contributed by atoms with Gasteiger partial charge in [0.25, 0.3) is 0 Å². The van der Waals surface area contributed by atoms with E-state index < -0.39 is 6.41 Å². The van der Waals surface area contributed by atoms with E-state index in [2.05, 4.69) is 40.2 Å². The number of aromatic nitrogens is 1. The van der Waals surface area contributed by atoms with Gasteiger partial charge in [0, 0.05) is 46.5 Å². The number of likely N-dealkylation sites (tertiary alicyclic amines) is 1. The lowest BCUT2D eigenvalue weighted by Crippen LogP contribution is -2.41. The van der Waals surface area contributed by atoms with Crippen LogP contribution in [0.3, 0.4) is 0 Å². The maximum Gasteiger partial charge on any atom is 0.216 e. The Morgan fingerprint density at radius 3 is 2.71 bits per heavy atom. The van der Waals surface area contributed by atoms with E-state index in [1.165, 1.54) is 11.1 Å². The first-order valence-corrected chi connectivity index (χ1v) is 10.6. The van der Waals surface area contributed by atoms with Gasteiger partial charge in [-0.05, 0) is 65.0 Å². The molecule has 0 saturated carbocycles.